The van der Waals surface area contributed by atoms with E-state index in [9.17, 15) is 31.3 Å². The summed E-state index contributed by atoms with van der Waals surface area (Å²) >= 11 is 0. The van der Waals surface area contributed by atoms with Gasteiger partial charge in [0.2, 0.25) is 27.2 Å². The number of amides is 1. The van der Waals surface area contributed by atoms with Gasteiger partial charge < -0.3 is 24.8 Å². The number of anilines is 1. The number of rotatable bonds is 13. The minimum Gasteiger partial charge on any atom is -0.494 e. The van der Waals surface area contributed by atoms with Crippen LogP contribution in [0.5, 0.6) is 23.1 Å². The molecule has 1 amide bonds. The molecule has 352 valence electrons. The zero-order chi connectivity index (χ0) is 46.9. The number of hydrogen-bond donors (Lipinski definition) is 4. The predicted octanol–water partition coefficient (Wildman–Crippen LogP) is 4.35. The molecule has 5 aliphatic rings. The largest absolute Gasteiger partial charge is 0.494 e. The Morgan fingerprint density at radius 3 is 2.46 bits per heavy atom. The van der Waals surface area contributed by atoms with Crippen molar-refractivity contribution in [1.82, 2.24) is 29.0 Å². The van der Waals surface area contributed by atoms with Crippen LogP contribution in [-0.2, 0) is 50.6 Å². The first-order valence-electron chi connectivity index (χ1n) is 23.4. The first-order valence-corrected chi connectivity index (χ1v) is 26.3. The molecule has 7 heterocycles. The number of aromatic hydroxyl groups is 1. The molecule has 11 rings (SSSR count). The molecule has 18 heteroatoms. The van der Waals surface area contributed by atoms with Crippen LogP contribution in [0.4, 0.5) is 5.69 Å². The summed E-state index contributed by atoms with van der Waals surface area (Å²) < 4.78 is 84.7. The van der Waals surface area contributed by atoms with Gasteiger partial charge >= 0.3 is 0 Å². The van der Waals surface area contributed by atoms with E-state index in [1.165, 1.54) is 34.3 Å². The number of nitrogens with zero attached hydrogens (tertiary/aromatic N) is 5. The third-order valence-corrected chi connectivity index (χ3v) is 16.2. The van der Waals surface area contributed by atoms with Gasteiger partial charge in [-0.25, -0.2) is 22.7 Å². The van der Waals surface area contributed by atoms with Crippen LogP contribution in [0.25, 0.3) is 22.5 Å². The zero-order valence-electron chi connectivity index (χ0n) is 37.7. The number of sulfonamides is 1. The third-order valence-electron chi connectivity index (χ3n) is 13.9. The average Bonchev–Trinajstić information content (AvgIpc) is 3.62. The molecule has 4 aromatic carbocycles. The topological polar surface area (TPSA) is 205 Å². The quantitative estimate of drug-likeness (QED) is 0.0724. The van der Waals surface area contributed by atoms with Crippen LogP contribution in [0.3, 0.4) is 0 Å². The second-order valence-corrected chi connectivity index (χ2v) is 21.4. The molecule has 68 heavy (non-hydrogen) atoms. The Morgan fingerprint density at radius 2 is 1.65 bits per heavy atom. The lowest BCUT2D eigenvalue weighted by atomic mass is 9.82. The highest BCUT2D eigenvalue weighted by molar-refractivity contribution is 7.89. The van der Waals surface area contributed by atoms with Crippen LogP contribution < -0.4 is 39.6 Å². The summed E-state index contributed by atoms with van der Waals surface area (Å²) in [6, 6.07) is 15.4. The fraction of sp³-hybridized carbons (Fsp3) is 0.360. The minimum atomic E-state index is -4.97. The Bertz CT molecular complexity index is 3440. The maximum Gasteiger partial charge on any atom is 0.295 e. The van der Waals surface area contributed by atoms with Crippen molar-refractivity contribution in [3.05, 3.63) is 117 Å². The van der Waals surface area contributed by atoms with Crippen molar-refractivity contribution in [3.63, 3.8) is 0 Å². The number of carbonyl (C=O) groups excluding carboxylic acids is 1. The van der Waals surface area contributed by atoms with Crippen molar-refractivity contribution in [2.45, 2.75) is 80.9 Å². The SMILES string of the molecule is Cc1nc2cnc(-c3ccc(OCCCC(=O)NCCNS(=O)(=O)c4ccc(C5=c6cc7c8c(c6Oc6c5cc5c9c6CCCN9CCC5)CCC[N+]=8CCC7)c(S(=O)(=O)O)c4)cc3)cn2c1O. The number of imidazole rings is 1. The fourth-order valence-corrected chi connectivity index (χ4v) is 12.7. The number of nitrogens with one attached hydrogen (secondary N) is 2. The summed E-state index contributed by atoms with van der Waals surface area (Å²) in [6.45, 7) is 5.69. The summed E-state index contributed by atoms with van der Waals surface area (Å²) in [5.41, 5.74) is 9.88. The molecular weight excluding hydrogens is 907 g/mol. The standard InChI is InChI=1S/C50H51N7O9S2/c1-30-50(59)57-29-41(52-28-43(57)54-30)31-12-14-34(15-13-31)65-24-6-11-44(58)51-18-19-53-67(60,61)35-16-17-36(42(27-35)68(62,63)64)45-39-25-32-7-2-20-55-22-4-9-37(46(32)55)48(39)66-49-38-10-5-23-56-21-3-8-33(47(38)56)26-40(45)49/h12-17,25-29,53H,2-11,18-24H2,1H3,(H2-,51,52,58,59,62,63,64)/p+1. The molecule has 0 saturated heterocycles. The molecule has 0 radical (unpaired) electrons. The lowest BCUT2D eigenvalue weighted by Gasteiger charge is -2.39. The average molecular weight is 959 g/mol. The highest BCUT2D eigenvalue weighted by Crippen LogP contribution is 2.49. The molecule has 0 saturated carbocycles. The Labute approximate surface area is 393 Å². The lowest BCUT2D eigenvalue weighted by Crippen LogP contribution is -2.45. The van der Waals surface area contributed by atoms with E-state index in [1.807, 2.05) is 12.1 Å². The van der Waals surface area contributed by atoms with Crippen molar-refractivity contribution in [3.8, 4) is 34.4 Å². The molecule has 0 fully saturated rings. The Hall–Kier alpha value is -6.34. The van der Waals surface area contributed by atoms with Gasteiger partial charge in [0.25, 0.3) is 10.1 Å². The number of aromatic nitrogens is 3. The van der Waals surface area contributed by atoms with Crippen LogP contribution in [-0.4, -0.2) is 92.6 Å². The molecule has 16 nitrogen and oxygen atoms in total. The summed E-state index contributed by atoms with van der Waals surface area (Å²) in [6.07, 6.45) is 11.1. The van der Waals surface area contributed by atoms with Crippen LogP contribution >= 0.6 is 0 Å². The van der Waals surface area contributed by atoms with Crippen LogP contribution in [0.2, 0.25) is 0 Å². The van der Waals surface area contributed by atoms with Crippen LogP contribution in [0.15, 0.2) is 76.8 Å². The number of ether oxygens (including phenoxy) is 2. The Morgan fingerprint density at radius 1 is 0.882 bits per heavy atom. The van der Waals surface area contributed by atoms with E-state index in [0.717, 1.165) is 111 Å². The molecule has 2 aromatic heterocycles. The number of fused-ring (bicyclic) bond motifs is 5. The second-order valence-electron chi connectivity index (χ2n) is 18.2. The van der Waals surface area contributed by atoms with E-state index in [0.29, 0.717) is 46.3 Å². The first kappa shape index (κ1) is 44.2. The molecule has 0 spiro atoms. The van der Waals surface area contributed by atoms with Gasteiger partial charge in [-0.05, 0) is 106 Å². The zero-order valence-corrected chi connectivity index (χ0v) is 39.3. The normalized spacial score (nSPS) is 16.1. The van der Waals surface area contributed by atoms with Gasteiger partial charge in [0.05, 0.1) is 29.0 Å². The van der Waals surface area contributed by atoms with E-state index >= 15 is 0 Å². The number of carbonyl (C=O) groups is 1. The Kier molecular flexibility index (Phi) is 11.3. The second kappa shape index (κ2) is 17.3. The van der Waals surface area contributed by atoms with Gasteiger partial charge in [-0.1, -0.05) is 6.07 Å². The summed E-state index contributed by atoms with van der Waals surface area (Å²) in [7, 11) is -9.26. The highest BCUT2D eigenvalue weighted by Gasteiger charge is 2.37. The van der Waals surface area contributed by atoms with Gasteiger partial charge in [0, 0.05) is 95.9 Å². The van der Waals surface area contributed by atoms with E-state index in [-0.39, 0.29) is 48.4 Å². The van der Waals surface area contributed by atoms with Crippen molar-refractivity contribution >= 4 is 43.0 Å². The van der Waals surface area contributed by atoms with Gasteiger partial charge in [-0.2, -0.15) is 8.42 Å². The molecule has 6 aromatic rings. The number of benzene rings is 4. The number of aryl methyl sites for hydroxylation is 3. The Balaban J connectivity index is 0.795. The first-order chi connectivity index (χ1) is 32.8. The van der Waals surface area contributed by atoms with E-state index in [4.69, 9.17) is 9.47 Å². The fourth-order valence-electron chi connectivity index (χ4n) is 10.8. The molecule has 0 aliphatic carbocycles. The van der Waals surface area contributed by atoms with Gasteiger partial charge in [-0.3, -0.25) is 18.7 Å². The molecule has 0 atom stereocenters. The molecule has 0 unspecified atom stereocenters. The van der Waals surface area contributed by atoms with Crippen LogP contribution in [0.1, 0.15) is 77.6 Å². The molecule has 5 aliphatic heterocycles. The van der Waals surface area contributed by atoms with Crippen molar-refractivity contribution in [1.29, 1.82) is 0 Å². The van der Waals surface area contributed by atoms with E-state index in [1.54, 1.807) is 35.9 Å². The molecule has 0 bridgehead atoms. The molecule has 4 N–H and O–H groups in total. The lowest BCUT2D eigenvalue weighted by molar-refractivity contribution is -0.121. The summed E-state index contributed by atoms with van der Waals surface area (Å²) in [5, 5.41) is 15.0. The van der Waals surface area contributed by atoms with E-state index in [2.05, 4.69) is 41.6 Å². The van der Waals surface area contributed by atoms with Crippen LogP contribution in [0, 0.1) is 6.92 Å². The van der Waals surface area contributed by atoms with E-state index < -0.39 is 25.0 Å². The maximum absolute atomic E-state index is 13.7. The van der Waals surface area contributed by atoms with Gasteiger partial charge in [0.1, 0.15) is 40.9 Å². The van der Waals surface area contributed by atoms with Gasteiger partial charge in [-0.15, -0.1) is 0 Å². The van der Waals surface area contributed by atoms with Crippen molar-refractivity contribution < 1.29 is 40.8 Å². The van der Waals surface area contributed by atoms with Crippen molar-refractivity contribution in [2.24, 2.45) is 0 Å². The van der Waals surface area contributed by atoms with Crippen molar-refractivity contribution in [2.75, 3.05) is 50.8 Å². The third kappa shape index (κ3) is 7.95. The monoisotopic (exact) mass is 958 g/mol. The number of hydrogen-bond acceptors (Lipinski definition) is 11. The maximum atomic E-state index is 13.7. The summed E-state index contributed by atoms with van der Waals surface area (Å²) in [4.78, 5) is 23.0. The van der Waals surface area contributed by atoms with Gasteiger partial charge in [0.15, 0.2) is 5.65 Å². The molecular formula is C50H52N7O9S2+. The summed E-state index contributed by atoms with van der Waals surface area (Å²) in [5.74, 6) is 1.79. The predicted molar refractivity (Wildman–Crippen MR) is 254 cm³/mol. The highest BCUT2D eigenvalue weighted by atomic mass is 32.2. The smallest absolute Gasteiger partial charge is 0.295 e. The minimum absolute atomic E-state index is 0.0144.